The van der Waals surface area contributed by atoms with Crippen LogP contribution < -0.4 is 0 Å². The van der Waals surface area contributed by atoms with Gasteiger partial charge in [0, 0.05) is 13.8 Å². The number of hydrogen-bond acceptors (Lipinski definition) is 4. The van der Waals surface area contributed by atoms with E-state index in [1.54, 1.807) is 13.8 Å². The lowest BCUT2D eigenvalue weighted by Gasteiger charge is -2.49. The van der Waals surface area contributed by atoms with Crippen molar-refractivity contribution >= 4 is 11.9 Å². The largest absolute Gasteiger partial charge is 0.422 e. The van der Waals surface area contributed by atoms with Crippen molar-refractivity contribution in [2.24, 2.45) is 59.2 Å². The van der Waals surface area contributed by atoms with Crippen LogP contribution in [0.3, 0.4) is 0 Å². The van der Waals surface area contributed by atoms with Crippen LogP contribution in [0.4, 0.5) is 0 Å². The van der Waals surface area contributed by atoms with E-state index in [0.717, 1.165) is 35.5 Å². The molecule has 6 rings (SSSR count). The van der Waals surface area contributed by atoms with E-state index in [4.69, 9.17) is 9.47 Å². The highest BCUT2D eigenvalue weighted by Gasteiger charge is 2.82. The van der Waals surface area contributed by atoms with Crippen LogP contribution >= 0.6 is 0 Å². The van der Waals surface area contributed by atoms with Crippen molar-refractivity contribution in [2.75, 3.05) is 0 Å². The van der Waals surface area contributed by atoms with Gasteiger partial charge in [0.05, 0.1) is 0 Å². The highest BCUT2D eigenvalue weighted by atomic mass is 16.7. The summed E-state index contributed by atoms with van der Waals surface area (Å²) < 4.78 is 10.8. The molecule has 112 valence electrons. The van der Waals surface area contributed by atoms with Crippen molar-refractivity contribution in [3.63, 3.8) is 0 Å². The predicted molar refractivity (Wildman–Crippen MR) is 70.4 cm³/mol. The van der Waals surface area contributed by atoms with E-state index in [2.05, 4.69) is 0 Å². The molecule has 0 aromatic heterocycles. The third kappa shape index (κ3) is 1.02. The van der Waals surface area contributed by atoms with Crippen molar-refractivity contribution in [1.29, 1.82) is 0 Å². The molecule has 1 unspecified atom stereocenters. The van der Waals surface area contributed by atoms with Gasteiger partial charge >= 0.3 is 11.9 Å². The molecule has 0 aromatic carbocycles. The molecule has 6 aliphatic rings. The number of cyclic esters (lactones) is 2. The first kappa shape index (κ1) is 11.5. The lowest BCUT2D eigenvalue weighted by atomic mass is 9.55. The van der Waals surface area contributed by atoms with Gasteiger partial charge in [0.2, 0.25) is 0 Å². The topological polar surface area (TPSA) is 52.6 Å². The fourth-order valence-electron chi connectivity index (χ4n) is 8.04. The van der Waals surface area contributed by atoms with Gasteiger partial charge in [-0.3, -0.25) is 9.59 Å². The smallest absolute Gasteiger partial charge is 0.323 e. The number of fused-ring (bicyclic) bond motifs is 2. The molecular weight excluding hydrogens is 268 g/mol. The highest BCUT2D eigenvalue weighted by Crippen LogP contribution is 2.85. The molecular formula is C17H20O4. The fraction of sp³-hybridized carbons (Fsp3) is 0.882. The molecule has 21 heavy (non-hydrogen) atoms. The SMILES string of the molecule is CC1(C)OC(=O)C([C@H]2[C@@H]3C4[C@@H]5[C@H]6C[C@H]4[C@@H]2[C@@H]6C[C@@H]53)C(=O)O1. The zero-order valence-corrected chi connectivity index (χ0v) is 12.3. The molecule has 1 aliphatic heterocycles. The Kier molecular flexibility index (Phi) is 1.65. The summed E-state index contributed by atoms with van der Waals surface area (Å²) in [4.78, 5) is 25.0. The molecule has 0 N–H and O–H groups in total. The third-order valence-corrected chi connectivity index (χ3v) is 7.97. The summed E-state index contributed by atoms with van der Waals surface area (Å²) in [6, 6.07) is 0. The second-order valence-electron chi connectivity index (χ2n) is 8.73. The van der Waals surface area contributed by atoms with Crippen molar-refractivity contribution < 1.29 is 19.1 Å². The monoisotopic (exact) mass is 288 g/mol. The summed E-state index contributed by atoms with van der Waals surface area (Å²) in [5, 5.41) is 0. The number of rotatable bonds is 1. The minimum absolute atomic E-state index is 0.226. The first-order valence-electron chi connectivity index (χ1n) is 8.44. The van der Waals surface area contributed by atoms with Gasteiger partial charge < -0.3 is 9.47 Å². The molecule has 5 saturated carbocycles. The third-order valence-electron chi connectivity index (χ3n) is 7.97. The Morgan fingerprint density at radius 2 is 1.24 bits per heavy atom. The minimum Gasteiger partial charge on any atom is -0.422 e. The van der Waals surface area contributed by atoms with Gasteiger partial charge in [0.15, 0.2) is 5.92 Å². The summed E-state index contributed by atoms with van der Waals surface area (Å²) in [5.41, 5.74) is 0. The quantitative estimate of drug-likeness (QED) is 0.545. The molecule has 1 saturated heterocycles. The summed E-state index contributed by atoms with van der Waals surface area (Å²) >= 11 is 0. The molecule has 9 atom stereocenters. The van der Waals surface area contributed by atoms with E-state index in [0.29, 0.717) is 11.8 Å². The number of carbonyl (C=O) groups is 2. The summed E-state index contributed by atoms with van der Waals surface area (Å²) in [5.74, 6) is 4.14. The normalized spacial score (nSPS) is 61.1. The van der Waals surface area contributed by atoms with E-state index in [-0.39, 0.29) is 17.9 Å². The Hall–Kier alpha value is -1.06. The van der Waals surface area contributed by atoms with Gasteiger partial charge in [-0.1, -0.05) is 0 Å². The average Bonchev–Trinajstić information content (AvgIpc) is 2.85. The Balaban J connectivity index is 1.41. The average molecular weight is 288 g/mol. The van der Waals surface area contributed by atoms with E-state index < -0.39 is 11.7 Å². The molecule has 0 radical (unpaired) electrons. The number of carbonyl (C=O) groups excluding carboxylic acids is 2. The van der Waals surface area contributed by atoms with Gasteiger partial charge in [0.25, 0.3) is 5.79 Å². The van der Waals surface area contributed by atoms with Crippen LogP contribution in [0.15, 0.2) is 0 Å². The molecule has 0 amide bonds. The van der Waals surface area contributed by atoms with Crippen LogP contribution in [0.2, 0.25) is 0 Å². The van der Waals surface area contributed by atoms with Crippen LogP contribution in [0, 0.1) is 59.2 Å². The Labute approximate surface area is 123 Å². The van der Waals surface area contributed by atoms with E-state index in [1.165, 1.54) is 12.8 Å². The van der Waals surface area contributed by atoms with Crippen LogP contribution in [0.5, 0.6) is 0 Å². The molecule has 0 aromatic rings. The summed E-state index contributed by atoms with van der Waals surface area (Å²) in [6.07, 6.45) is 2.74. The molecule has 1 heterocycles. The predicted octanol–water partition coefficient (Wildman–Crippen LogP) is 1.83. The first-order chi connectivity index (χ1) is 9.98. The number of hydrogen-bond donors (Lipinski definition) is 0. The second-order valence-corrected chi connectivity index (χ2v) is 8.73. The number of ether oxygens (including phenoxy) is 2. The van der Waals surface area contributed by atoms with E-state index in [9.17, 15) is 9.59 Å². The Morgan fingerprint density at radius 3 is 1.81 bits per heavy atom. The van der Waals surface area contributed by atoms with Gasteiger partial charge in [-0.15, -0.1) is 0 Å². The molecule has 2 bridgehead atoms. The lowest BCUT2D eigenvalue weighted by molar-refractivity contribution is -0.246. The summed E-state index contributed by atoms with van der Waals surface area (Å²) in [7, 11) is 0. The maximum absolute atomic E-state index is 12.5. The fourth-order valence-corrected chi connectivity index (χ4v) is 8.04. The van der Waals surface area contributed by atoms with Crippen molar-refractivity contribution in [1.82, 2.24) is 0 Å². The van der Waals surface area contributed by atoms with Crippen LogP contribution in [0.1, 0.15) is 26.7 Å². The molecule has 6 fully saturated rings. The van der Waals surface area contributed by atoms with Crippen LogP contribution in [0.25, 0.3) is 0 Å². The summed E-state index contributed by atoms with van der Waals surface area (Å²) in [6.45, 7) is 3.28. The Morgan fingerprint density at radius 1 is 0.762 bits per heavy atom. The van der Waals surface area contributed by atoms with Crippen molar-refractivity contribution in [3.05, 3.63) is 0 Å². The van der Waals surface area contributed by atoms with Gasteiger partial charge in [-0.25, -0.2) is 0 Å². The van der Waals surface area contributed by atoms with Gasteiger partial charge in [-0.2, -0.15) is 0 Å². The molecule has 4 heteroatoms. The maximum atomic E-state index is 12.5. The lowest BCUT2D eigenvalue weighted by Crippen LogP contribution is -2.54. The van der Waals surface area contributed by atoms with Gasteiger partial charge in [0.1, 0.15) is 0 Å². The van der Waals surface area contributed by atoms with Crippen LogP contribution in [-0.4, -0.2) is 17.7 Å². The standard InChI is InChI=1S/C17H20O4/c1-17(2)20-15(18)14(16(19)21-17)13-10-6-4-7-9-5(6)3-8(10)11(9)12(7)13/h5-14H,3-4H2,1-2H3/t5-,6+,7-,8-,9+,10-,11?,12-,13+/m0/s1. The van der Waals surface area contributed by atoms with E-state index in [1.807, 2.05) is 0 Å². The number of esters is 2. The van der Waals surface area contributed by atoms with Crippen molar-refractivity contribution in [2.45, 2.75) is 32.5 Å². The zero-order chi connectivity index (χ0) is 14.3. The first-order valence-corrected chi connectivity index (χ1v) is 8.44. The minimum atomic E-state index is -1.09. The maximum Gasteiger partial charge on any atom is 0.323 e. The Bertz CT molecular complexity index is 570. The van der Waals surface area contributed by atoms with Crippen LogP contribution in [-0.2, 0) is 19.1 Å². The molecule has 4 nitrogen and oxygen atoms in total. The highest BCUT2D eigenvalue weighted by molar-refractivity contribution is 5.97. The molecule has 0 spiro atoms. The van der Waals surface area contributed by atoms with E-state index >= 15 is 0 Å². The van der Waals surface area contributed by atoms with Crippen molar-refractivity contribution in [3.8, 4) is 0 Å². The second kappa shape index (κ2) is 3.02. The molecule has 5 aliphatic carbocycles. The zero-order valence-electron chi connectivity index (χ0n) is 12.3. The van der Waals surface area contributed by atoms with Gasteiger partial charge in [-0.05, 0) is 66.1 Å².